The van der Waals surface area contributed by atoms with Gasteiger partial charge in [-0.2, -0.15) is 0 Å². The molecule has 7 nitrogen and oxygen atoms in total. The lowest BCUT2D eigenvalue weighted by Crippen LogP contribution is -2.27. The molecule has 0 aliphatic carbocycles. The molecule has 4 aromatic rings. The van der Waals surface area contributed by atoms with Crippen molar-refractivity contribution in [2.75, 3.05) is 11.4 Å². The summed E-state index contributed by atoms with van der Waals surface area (Å²) in [5, 5.41) is 52.1. The Labute approximate surface area is 210 Å². The topological polar surface area (TPSA) is 117 Å². The molecule has 0 amide bonds. The first-order chi connectivity index (χ1) is 17.1. The van der Waals surface area contributed by atoms with Gasteiger partial charge in [0.05, 0.1) is 32.5 Å². The number of fused-ring (bicyclic) bond motifs is 2. The monoisotopic (exact) mass is 488 g/mol. The van der Waals surface area contributed by atoms with Gasteiger partial charge in [0.2, 0.25) is 0 Å². The zero-order valence-electron chi connectivity index (χ0n) is 19.2. The first-order valence-corrected chi connectivity index (χ1v) is 11.6. The van der Waals surface area contributed by atoms with Crippen molar-refractivity contribution in [1.82, 2.24) is 4.98 Å². The lowest BCUT2D eigenvalue weighted by atomic mass is 9.88. The van der Waals surface area contributed by atoms with E-state index in [1.165, 1.54) is 0 Å². The van der Waals surface area contributed by atoms with E-state index in [0.29, 0.717) is 41.0 Å². The highest BCUT2D eigenvalue weighted by molar-refractivity contribution is 6.00. The number of rotatable bonds is 6. The highest BCUT2D eigenvalue weighted by Gasteiger charge is 2.25. The van der Waals surface area contributed by atoms with Crippen LogP contribution in [-0.2, 0) is 26.4 Å². The van der Waals surface area contributed by atoms with Crippen LogP contribution in [-0.4, -0.2) is 37.1 Å². The molecule has 0 saturated heterocycles. The second kappa shape index (κ2) is 10.7. The predicted octanol–water partition coefficient (Wildman–Crippen LogP) is 4.08. The molecule has 0 bridgehead atoms. The van der Waals surface area contributed by atoms with Gasteiger partial charge in [-0.3, -0.25) is 0 Å². The van der Waals surface area contributed by atoms with Crippen molar-refractivity contribution in [2.24, 2.45) is 0 Å². The first-order valence-electron chi connectivity index (χ1n) is 11.6. The van der Waals surface area contributed by atoms with Gasteiger partial charge in [-0.1, -0.05) is 25.6 Å². The van der Waals surface area contributed by atoms with Crippen LogP contribution in [0.5, 0.6) is 0 Å². The number of hydrogen-bond acceptors (Lipinski definition) is 7. The molecule has 3 aromatic carbocycles. The lowest BCUT2D eigenvalue weighted by Gasteiger charge is -2.33. The van der Waals surface area contributed by atoms with Crippen molar-refractivity contribution in [3.8, 4) is 11.1 Å². The highest BCUT2D eigenvalue weighted by atomic mass is 16.3. The third-order valence-electron chi connectivity index (χ3n) is 6.85. The van der Waals surface area contributed by atoms with Crippen LogP contribution in [0.4, 0.5) is 11.5 Å². The molecule has 0 radical (unpaired) electrons. The van der Waals surface area contributed by atoms with Gasteiger partial charge in [-0.05, 0) is 87.0 Å². The van der Waals surface area contributed by atoms with Crippen LogP contribution in [0.25, 0.3) is 21.9 Å². The van der Waals surface area contributed by atoms with Crippen LogP contribution in [0.15, 0.2) is 60.8 Å². The van der Waals surface area contributed by atoms with E-state index in [1.54, 1.807) is 6.20 Å². The van der Waals surface area contributed by atoms with Gasteiger partial charge in [0.25, 0.3) is 0 Å². The number of pyridine rings is 1. The number of aromatic nitrogens is 1. The van der Waals surface area contributed by atoms with Gasteiger partial charge in [-0.15, -0.1) is 0 Å². The van der Waals surface area contributed by atoms with E-state index in [1.807, 2.05) is 54.6 Å². The maximum Gasteiger partial charge on any atom is 0.133 e. The molecular weight excluding hydrogens is 456 g/mol. The van der Waals surface area contributed by atoms with Gasteiger partial charge >= 0.3 is 0 Å². The van der Waals surface area contributed by atoms with E-state index in [9.17, 15) is 25.5 Å². The van der Waals surface area contributed by atoms with Crippen molar-refractivity contribution in [1.29, 1.82) is 0 Å². The summed E-state index contributed by atoms with van der Waals surface area (Å²) < 4.78 is 0. The van der Waals surface area contributed by atoms with Gasteiger partial charge in [0.1, 0.15) is 5.82 Å². The Hall–Kier alpha value is -3.33. The van der Waals surface area contributed by atoms with Crippen LogP contribution in [0.1, 0.15) is 47.8 Å². The summed E-state index contributed by atoms with van der Waals surface area (Å²) in [5.41, 5.74) is 5.75. The van der Waals surface area contributed by atoms with Crippen molar-refractivity contribution in [3.63, 3.8) is 0 Å². The molecule has 1 atom stereocenters. The standard InChI is InChI=1S/C28H28N2O5.CH4/c31-13-19-9-18-10-21(15-33)24(16-34)28(23(18)11-20(19)14-32)17-5-7-29-27(12-17)30-8-6-26(35)22-3-1-2-4-25(22)30;/h1-5,7,9-12,26,31-35H,6,8,13-16H2;1H4/t26-;/m0./s1. The van der Waals surface area contributed by atoms with Crippen molar-refractivity contribution in [2.45, 2.75) is 46.4 Å². The minimum atomic E-state index is -0.519. The summed E-state index contributed by atoms with van der Waals surface area (Å²) in [6.45, 7) is -0.349. The Balaban J connectivity index is 0.00000304. The second-order valence-electron chi connectivity index (χ2n) is 8.78. The average molecular weight is 489 g/mol. The normalized spacial score (nSPS) is 15.0. The van der Waals surface area contributed by atoms with Crippen LogP contribution in [0.2, 0.25) is 0 Å². The van der Waals surface area contributed by atoms with E-state index in [0.717, 1.165) is 33.2 Å². The molecule has 1 aromatic heterocycles. The van der Waals surface area contributed by atoms with Crippen molar-refractivity contribution in [3.05, 3.63) is 88.6 Å². The van der Waals surface area contributed by atoms with E-state index in [-0.39, 0.29) is 33.9 Å². The third kappa shape index (κ3) is 4.36. The Morgan fingerprint density at radius 2 is 1.53 bits per heavy atom. The molecule has 36 heavy (non-hydrogen) atoms. The number of aliphatic hydroxyl groups is 5. The second-order valence-corrected chi connectivity index (χ2v) is 8.78. The summed E-state index contributed by atoms with van der Waals surface area (Å²) in [4.78, 5) is 6.69. The van der Waals surface area contributed by atoms with Crippen LogP contribution in [0, 0.1) is 0 Å². The third-order valence-corrected chi connectivity index (χ3v) is 6.85. The van der Waals surface area contributed by atoms with E-state index < -0.39 is 6.10 Å². The fourth-order valence-electron chi connectivity index (χ4n) is 5.09. The molecule has 5 rings (SSSR count). The zero-order valence-corrected chi connectivity index (χ0v) is 19.2. The molecule has 188 valence electrons. The lowest BCUT2D eigenvalue weighted by molar-refractivity contribution is 0.165. The molecular formula is C29H32N2O5. The number of benzene rings is 3. The number of anilines is 2. The summed E-state index contributed by atoms with van der Waals surface area (Å²) in [7, 11) is 0. The molecule has 5 N–H and O–H groups in total. The molecule has 0 saturated carbocycles. The minimum Gasteiger partial charge on any atom is -0.392 e. The Morgan fingerprint density at radius 1 is 0.833 bits per heavy atom. The molecule has 7 heteroatoms. The van der Waals surface area contributed by atoms with E-state index in [2.05, 4.69) is 9.88 Å². The SMILES string of the molecule is C.OCc1cc2cc(CO)c(CO)c(-c3ccnc(N4CC[C@H](O)c5ccccc54)c3)c2cc1CO. The average Bonchev–Trinajstić information content (AvgIpc) is 2.91. The largest absolute Gasteiger partial charge is 0.392 e. The maximum absolute atomic E-state index is 10.5. The van der Waals surface area contributed by atoms with Gasteiger partial charge in [-0.25, -0.2) is 4.98 Å². The summed E-state index contributed by atoms with van der Waals surface area (Å²) >= 11 is 0. The summed E-state index contributed by atoms with van der Waals surface area (Å²) in [6, 6.07) is 17.0. The van der Waals surface area contributed by atoms with E-state index >= 15 is 0 Å². The first kappa shape index (κ1) is 25.8. The van der Waals surface area contributed by atoms with Gasteiger partial charge < -0.3 is 30.4 Å². The Bertz CT molecular complexity index is 1380. The van der Waals surface area contributed by atoms with E-state index in [4.69, 9.17) is 0 Å². The fourth-order valence-corrected chi connectivity index (χ4v) is 5.09. The zero-order chi connectivity index (χ0) is 24.5. The van der Waals surface area contributed by atoms with Gasteiger partial charge in [0, 0.05) is 24.0 Å². The van der Waals surface area contributed by atoms with Gasteiger partial charge in [0.15, 0.2) is 0 Å². The smallest absolute Gasteiger partial charge is 0.133 e. The Morgan fingerprint density at radius 3 is 2.25 bits per heavy atom. The molecule has 0 fully saturated rings. The summed E-state index contributed by atoms with van der Waals surface area (Å²) in [5.74, 6) is 0.711. The number of nitrogens with zero attached hydrogens (tertiary/aromatic N) is 2. The predicted molar refractivity (Wildman–Crippen MR) is 141 cm³/mol. The van der Waals surface area contributed by atoms with Crippen molar-refractivity contribution >= 4 is 22.3 Å². The number of hydrogen-bond donors (Lipinski definition) is 5. The molecule has 0 unspecified atom stereocenters. The van der Waals surface area contributed by atoms with Crippen LogP contribution >= 0.6 is 0 Å². The minimum absolute atomic E-state index is 0. The number of para-hydroxylation sites is 1. The Kier molecular flexibility index (Phi) is 7.68. The number of aliphatic hydroxyl groups excluding tert-OH is 5. The van der Waals surface area contributed by atoms with Crippen LogP contribution < -0.4 is 4.90 Å². The molecule has 1 aliphatic rings. The van der Waals surface area contributed by atoms with Crippen LogP contribution in [0.3, 0.4) is 0 Å². The molecule has 2 heterocycles. The molecule has 0 spiro atoms. The fraction of sp³-hybridized carbons (Fsp3) is 0.276. The summed E-state index contributed by atoms with van der Waals surface area (Å²) in [6.07, 6.45) is 1.78. The van der Waals surface area contributed by atoms with Crippen molar-refractivity contribution < 1.29 is 25.5 Å². The molecule has 1 aliphatic heterocycles. The quantitative estimate of drug-likeness (QED) is 0.278. The maximum atomic E-state index is 10.5. The highest BCUT2D eigenvalue weighted by Crippen LogP contribution is 2.41.